The first-order valence-electron chi connectivity index (χ1n) is 5.85. The van der Waals surface area contributed by atoms with Crippen LogP contribution in [-0.2, 0) is 6.54 Å². The van der Waals surface area contributed by atoms with Crippen LogP contribution in [0.2, 0.25) is 0 Å². The average molecular weight is 259 g/mol. The van der Waals surface area contributed by atoms with E-state index in [0.29, 0.717) is 12.4 Å². The Labute approximate surface area is 110 Å². The fraction of sp³-hybridized carbons (Fsp3) is 0.143. The highest BCUT2D eigenvalue weighted by Gasteiger charge is 2.02. The summed E-state index contributed by atoms with van der Waals surface area (Å²) in [6, 6.07) is 9.21. The van der Waals surface area contributed by atoms with Crippen molar-refractivity contribution >= 4 is 11.8 Å². The third-order valence-electron chi connectivity index (χ3n) is 2.52. The van der Waals surface area contributed by atoms with E-state index in [0.717, 1.165) is 11.1 Å². The molecule has 0 unspecified atom stereocenters. The van der Waals surface area contributed by atoms with E-state index in [1.165, 1.54) is 12.1 Å². The van der Waals surface area contributed by atoms with Gasteiger partial charge in [-0.3, -0.25) is 5.32 Å². The third kappa shape index (κ3) is 4.06. The molecule has 0 atom stereocenters. The summed E-state index contributed by atoms with van der Waals surface area (Å²) in [7, 11) is 0. The van der Waals surface area contributed by atoms with Crippen LogP contribution in [0.15, 0.2) is 42.6 Å². The van der Waals surface area contributed by atoms with Gasteiger partial charge in [-0.15, -0.1) is 0 Å². The van der Waals surface area contributed by atoms with Gasteiger partial charge in [0, 0.05) is 12.7 Å². The Bertz CT molecular complexity index is 552. The zero-order valence-electron chi connectivity index (χ0n) is 10.5. The normalized spacial score (nSPS) is 10.0. The summed E-state index contributed by atoms with van der Waals surface area (Å²) in [4.78, 5) is 15.7. The van der Waals surface area contributed by atoms with Crippen molar-refractivity contribution in [3.63, 3.8) is 0 Å². The molecular formula is C14H14FN3O. The van der Waals surface area contributed by atoms with Crippen molar-refractivity contribution < 1.29 is 9.18 Å². The maximum Gasteiger partial charge on any atom is 0.320 e. The first-order valence-corrected chi connectivity index (χ1v) is 5.85. The lowest BCUT2D eigenvalue weighted by Crippen LogP contribution is -2.28. The Morgan fingerprint density at radius 1 is 1.21 bits per heavy atom. The quantitative estimate of drug-likeness (QED) is 0.890. The number of carbonyl (C=O) groups excluding carboxylic acids is 1. The molecule has 2 N–H and O–H groups in total. The summed E-state index contributed by atoms with van der Waals surface area (Å²) in [6.07, 6.45) is 1.68. The van der Waals surface area contributed by atoms with Gasteiger partial charge in [0.25, 0.3) is 0 Å². The Morgan fingerprint density at radius 2 is 1.95 bits per heavy atom. The van der Waals surface area contributed by atoms with Crippen molar-refractivity contribution in [1.29, 1.82) is 0 Å². The van der Waals surface area contributed by atoms with Crippen LogP contribution in [0.1, 0.15) is 11.1 Å². The molecule has 98 valence electrons. The van der Waals surface area contributed by atoms with Crippen LogP contribution in [0.5, 0.6) is 0 Å². The Balaban J connectivity index is 1.84. The van der Waals surface area contributed by atoms with Crippen LogP contribution in [0, 0.1) is 12.7 Å². The average Bonchev–Trinajstić information content (AvgIpc) is 2.41. The summed E-state index contributed by atoms with van der Waals surface area (Å²) >= 11 is 0. The minimum absolute atomic E-state index is 0.294. The lowest BCUT2D eigenvalue weighted by molar-refractivity contribution is 0.251. The second-order valence-electron chi connectivity index (χ2n) is 4.15. The smallest absolute Gasteiger partial charge is 0.320 e. The van der Waals surface area contributed by atoms with Crippen LogP contribution < -0.4 is 10.6 Å². The molecule has 0 aliphatic rings. The van der Waals surface area contributed by atoms with Crippen molar-refractivity contribution in [2.24, 2.45) is 0 Å². The highest BCUT2D eigenvalue weighted by molar-refractivity contribution is 5.88. The number of nitrogens with zero attached hydrogens (tertiary/aromatic N) is 1. The molecule has 0 aliphatic heterocycles. The van der Waals surface area contributed by atoms with Gasteiger partial charge in [0.05, 0.1) is 0 Å². The number of anilines is 1. The molecule has 0 bridgehead atoms. The second-order valence-corrected chi connectivity index (χ2v) is 4.15. The Kier molecular flexibility index (Phi) is 4.07. The molecule has 5 heteroatoms. The summed E-state index contributed by atoms with van der Waals surface area (Å²) in [5, 5.41) is 5.28. The molecule has 2 rings (SSSR count). The van der Waals surface area contributed by atoms with E-state index in [1.807, 2.05) is 13.0 Å². The van der Waals surface area contributed by atoms with Crippen LogP contribution in [0.25, 0.3) is 0 Å². The molecule has 0 aliphatic carbocycles. The number of rotatable bonds is 3. The van der Waals surface area contributed by atoms with E-state index in [1.54, 1.807) is 24.4 Å². The van der Waals surface area contributed by atoms with E-state index in [4.69, 9.17) is 0 Å². The van der Waals surface area contributed by atoms with E-state index in [2.05, 4.69) is 15.6 Å². The van der Waals surface area contributed by atoms with Gasteiger partial charge in [0.15, 0.2) is 0 Å². The van der Waals surface area contributed by atoms with Crippen molar-refractivity contribution in [1.82, 2.24) is 10.3 Å². The van der Waals surface area contributed by atoms with E-state index in [-0.39, 0.29) is 11.8 Å². The predicted molar refractivity (Wildman–Crippen MR) is 71.2 cm³/mol. The van der Waals surface area contributed by atoms with Gasteiger partial charge >= 0.3 is 6.03 Å². The molecule has 0 fully saturated rings. The fourth-order valence-electron chi connectivity index (χ4n) is 1.49. The van der Waals surface area contributed by atoms with Gasteiger partial charge in [-0.05, 0) is 36.2 Å². The molecule has 1 aromatic carbocycles. The molecule has 0 saturated heterocycles. The molecule has 0 saturated carbocycles. The molecule has 1 aromatic heterocycles. The highest BCUT2D eigenvalue weighted by atomic mass is 19.1. The summed E-state index contributed by atoms with van der Waals surface area (Å²) in [5.74, 6) is 0.194. The van der Waals surface area contributed by atoms with E-state index < -0.39 is 0 Å². The zero-order chi connectivity index (χ0) is 13.7. The highest BCUT2D eigenvalue weighted by Crippen LogP contribution is 2.04. The van der Waals surface area contributed by atoms with Gasteiger partial charge in [0.2, 0.25) is 0 Å². The number of carbonyl (C=O) groups is 1. The van der Waals surface area contributed by atoms with Crippen molar-refractivity contribution in [2.75, 3.05) is 5.32 Å². The summed E-state index contributed by atoms with van der Waals surface area (Å²) in [5.41, 5.74) is 1.85. The number of pyridine rings is 1. The molecule has 0 radical (unpaired) electrons. The SMILES string of the molecule is Cc1ccc(NC(=O)NCc2ccc(F)cc2)nc1. The van der Waals surface area contributed by atoms with Gasteiger partial charge in [-0.1, -0.05) is 18.2 Å². The van der Waals surface area contributed by atoms with E-state index >= 15 is 0 Å². The molecule has 19 heavy (non-hydrogen) atoms. The van der Waals surface area contributed by atoms with Crippen molar-refractivity contribution in [3.05, 3.63) is 59.5 Å². The number of hydrogen-bond donors (Lipinski definition) is 2. The summed E-state index contributed by atoms with van der Waals surface area (Å²) < 4.78 is 12.7. The van der Waals surface area contributed by atoms with Gasteiger partial charge in [0.1, 0.15) is 11.6 Å². The first-order chi connectivity index (χ1) is 9.13. The Hall–Kier alpha value is -2.43. The standard InChI is InChI=1S/C14H14FN3O/c1-10-2-7-13(16-8-10)18-14(19)17-9-11-3-5-12(15)6-4-11/h2-8H,9H2,1H3,(H2,16,17,18,19). The maximum absolute atomic E-state index is 12.7. The first kappa shape index (κ1) is 13.0. The summed E-state index contributed by atoms with van der Waals surface area (Å²) in [6.45, 7) is 2.25. The molecule has 2 aromatic rings. The number of urea groups is 1. The number of hydrogen-bond acceptors (Lipinski definition) is 2. The number of benzene rings is 1. The number of halogens is 1. The number of nitrogens with one attached hydrogen (secondary N) is 2. The van der Waals surface area contributed by atoms with Crippen LogP contribution in [0.3, 0.4) is 0 Å². The molecule has 0 spiro atoms. The molecule has 2 amide bonds. The zero-order valence-corrected chi connectivity index (χ0v) is 10.5. The Morgan fingerprint density at radius 3 is 2.58 bits per heavy atom. The van der Waals surface area contributed by atoms with Crippen LogP contribution in [0.4, 0.5) is 15.0 Å². The van der Waals surface area contributed by atoms with Gasteiger partial charge in [-0.2, -0.15) is 0 Å². The van der Waals surface area contributed by atoms with E-state index in [9.17, 15) is 9.18 Å². The predicted octanol–water partition coefficient (Wildman–Crippen LogP) is 2.85. The van der Waals surface area contributed by atoms with Crippen molar-refractivity contribution in [3.8, 4) is 0 Å². The number of aryl methyl sites for hydroxylation is 1. The topological polar surface area (TPSA) is 54.0 Å². The second kappa shape index (κ2) is 5.95. The van der Waals surface area contributed by atoms with Gasteiger partial charge < -0.3 is 5.32 Å². The largest absolute Gasteiger partial charge is 0.334 e. The van der Waals surface area contributed by atoms with Gasteiger partial charge in [-0.25, -0.2) is 14.2 Å². The molecule has 1 heterocycles. The minimum Gasteiger partial charge on any atom is -0.334 e. The molecular weight excluding hydrogens is 245 g/mol. The lowest BCUT2D eigenvalue weighted by Gasteiger charge is -2.07. The third-order valence-corrected chi connectivity index (χ3v) is 2.52. The fourth-order valence-corrected chi connectivity index (χ4v) is 1.49. The molecule has 4 nitrogen and oxygen atoms in total. The number of aromatic nitrogens is 1. The van der Waals surface area contributed by atoms with Crippen molar-refractivity contribution in [2.45, 2.75) is 13.5 Å². The number of amides is 2. The van der Waals surface area contributed by atoms with Crippen LogP contribution in [-0.4, -0.2) is 11.0 Å². The lowest BCUT2D eigenvalue weighted by atomic mass is 10.2. The minimum atomic E-state index is -0.347. The maximum atomic E-state index is 12.7. The van der Waals surface area contributed by atoms with Crippen LogP contribution >= 0.6 is 0 Å². The monoisotopic (exact) mass is 259 g/mol.